The molecule has 120 valence electrons. The summed E-state index contributed by atoms with van der Waals surface area (Å²) in [4.78, 5) is 11.8. The van der Waals surface area contributed by atoms with Crippen molar-refractivity contribution in [1.29, 1.82) is 0 Å². The second-order valence-corrected chi connectivity index (χ2v) is 5.73. The number of hydrogen-bond donors (Lipinski definition) is 1. The molecule has 6 heteroatoms. The summed E-state index contributed by atoms with van der Waals surface area (Å²) in [5.41, 5.74) is 5.04. The van der Waals surface area contributed by atoms with Gasteiger partial charge >= 0.3 is 0 Å². The van der Waals surface area contributed by atoms with Gasteiger partial charge in [0.1, 0.15) is 5.75 Å². The summed E-state index contributed by atoms with van der Waals surface area (Å²) >= 11 is 12.0. The average Bonchev–Trinajstić information content (AvgIpc) is 2.51. The molecule has 0 aliphatic rings. The maximum absolute atomic E-state index is 11.8. The van der Waals surface area contributed by atoms with Crippen molar-refractivity contribution in [3.8, 4) is 5.75 Å². The van der Waals surface area contributed by atoms with Crippen molar-refractivity contribution in [3.63, 3.8) is 0 Å². The summed E-state index contributed by atoms with van der Waals surface area (Å²) in [6, 6.07) is 10.8. The van der Waals surface area contributed by atoms with Crippen LogP contribution >= 0.6 is 23.2 Å². The zero-order valence-electron chi connectivity index (χ0n) is 12.8. The predicted octanol–water partition coefficient (Wildman–Crippen LogP) is 4.14. The van der Waals surface area contributed by atoms with Crippen molar-refractivity contribution < 1.29 is 9.53 Å². The van der Waals surface area contributed by atoms with Crippen LogP contribution < -0.4 is 10.2 Å². The second-order valence-electron chi connectivity index (χ2n) is 4.92. The van der Waals surface area contributed by atoms with Gasteiger partial charge in [0.05, 0.1) is 16.3 Å². The SMILES string of the molecule is Cc1cccc(OCC(=O)NN=Cc2c(Cl)cccc2Cl)c1C. The third-order valence-corrected chi connectivity index (χ3v) is 3.96. The minimum absolute atomic E-state index is 0.127. The van der Waals surface area contributed by atoms with Gasteiger partial charge in [-0.1, -0.05) is 41.4 Å². The van der Waals surface area contributed by atoms with E-state index in [0.717, 1.165) is 11.1 Å². The lowest BCUT2D eigenvalue weighted by Gasteiger charge is -2.09. The number of halogens is 2. The molecule has 23 heavy (non-hydrogen) atoms. The maximum atomic E-state index is 11.8. The maximum Gasteiger partial charge on any atom is 0.277 e. The number of nitrogens with zero attached hydrogens (tertiary/aromatic N) is 1. The molecule has 0 aliphatic heterocycles. The highest BCUT2D eigenvalue weighted by molar-refractivity contribution is 6.38. The number of rotatable bonds is 5. The van der Waals surface area contributed by atoms with Crippen molar-refractivity contribution >= 4 is 35.3 Å². The smallest absolute Gasteiger partial charge is 0.277 e. The Bertz CT molecular complexity index is 725. The molecule has 0 fully saturated rings. The molecular formula is C17H16Cl2N2O2. The Morgan fingerprint density at radius 1 is 1.17 bits per heavy atom. The number of carbonyl (C=O) groups excluding carboxylic acids is 1. The fraction of sp³-hybridized carbons (Fsp3) is 0.176. The Morgan fingerprint density at radius 3 is 2.52 bits per heavy atom. The van der Waals surface area contributed by atoms with Crippen LogP contribution in [0.3, 0.4) is 0 Å². The van der Waals surface area contributed by atoms with Crippen LogP contribution in [0.15, 0.2) is 41.5 Å². The normalized spacial score (nSPS) is 10.8. The molecule has 0 heterocycles. The average molecular weight is 351 g/mol. The van der Waals surface area contributed by atoms with Gasteiger partial charge in [0.25, 0.3) is 5.91 Å². The number of ether oxygens (including phenoxy) is 1. The van der Waals surface area contributed by atoms with E-state index in [2.05, 4.69) is 10.5 Å². The van der Waals surface area contributed by atoms with Crippen LogP contribution in [0, 0.1) is 13.8 Å². The van der Waals surface area contributed by atoms with E-state index >= 15 is 0 Å². The number of amides is 1. The van der Waals surface area contributed by atoms with Crippen LogP contribution in [0.1, 0.15) is 16.7 Å². The summed E-state index contributed by atoms with van der Waals surface area (Å²) < 4.78 is 5.49. The van der Waals surface area contributed by atoms with Crippen molar-refractivity contribution in [2.45, 2.75) is 13.8 Å². The minimum atomic E-state index is -0.370. The van der Waals surface area contributed by atoms with E-state index in [1.165, 1.54) is 6.21 Å². The van der Waals surface area contributed by atoms with Gasteiger partial charge in [-0.2, -0.15) is 5.10 Å². The van der Waals surface area contributed by atoms with Crippen LogP contribution in [0.25, 0.3) is 0 Å². The summed E-state index contributed by atoms with van der Waals surface area (Å²) in [7, 11) is 0. The molecule has 0 radical (unpaired) electrons. The van der Waals surface area contributed by atoms with Gasteiger partial charge in [0.2, 0.25) is 0 Å². The monoisotopic (exact) mass is 350 g/mol. The quantitative estimate of drug-likeness (QED) is 0.650. The highest BCUT2D eigenvalue weighted by Crippen LogP contribution is 2.22. The number of benzene rings is 2. The molecule has 0 aromatic heterocycles. The Morgan fingerprint density at radius 2 is 1.83 bits per heavy atom. The van der Waals surface area contributed by atoms with E-state index in [9.17, 15) is 4.79 Å². The zero-order chi connectivity index (χ0) is 16.8. The van der Waals surface area contributed by atoms with Crippen LogP contribution in [0.2, 0.25) is 10.0 Å². The van der Waals surface area contributed by atoms with Gasteiger partial charge in [-0.05, 0) is 43.2 Å². The standard InChI is InChI=1S/C17H16Cl2N2O2/c1-11-5-3-8-16(12(11)2)23-10-17(22)21-20-9-13-14(18)6-4-7-15(13)19/h3-9H,10H2,1-2H3,(H,21,22). The summed E-state index contributed by atoms with van der Waals surface area (Å²) in [6.45, 7) is 3.80. The van der Waals surface area contributed by atoms with Crippen LogP contribution in [0.4, 0.5) is 0 Å². The van der Waals surface area contributed by atoms with Gasteiger partial charge in [0.15, 0.2) is 6.61 Å². The first-order chi connectivity index (χ1) is 11.0. The molecule has 2 aromatic rings. The third-order valence-electron chi connectivity index (χ3n) is 3.30. The van der Waals surface area contributed by atoms with Gasteiger partial charge in [-0.3, -0.25) is 4.79 Å². The Labute approximate surface area is 145 Å². The number of carbonyl (C=O) groups is 1. The second kappa shape index (κ2) is 7.99. The van der Waals surface area contributed by atoms with E-state index in [1.54, 1.807) is 18.2 Å². The molecule has 0 unspecified atom stereocenters. The molecule has 2 aromatic carbocycles. The first-order valence-electron chi connectivity index (χ1n) is 6.94. The molecule has 0 saturated heterocycles. The Hall–Kier alpha value is -2.04. The topological polar surface area (TPSA) is 50.7 Å². The minimum Gasteiger partial charge on any atom is -0.483 e. The number of nitrogens with one attached hydrogen (secondary N) is 1. The molecule has 1 amide bonds. The van der Waals surface area contributed by atoms with E-state index in [-0.39, 0.29) is 12.5 Å². The number of aryl methyl sites for hydroxylation is 1. The predicted molar refractivity (Wildman–Crippen MR) is 93.6 cm³/mol. The summed E-state index contributed by atoms with van der Waals surface area (Å²) in [6.07, 6.45) is 1.40. The van der Waals surface area contributed by atoms with E-state index in [1.807, 2.05) is 32.0 Å². The molecule has 0 saturated carbocycles. The Balaban J connectivity index is 1.90. The molecular weight excluding hydrogens is 335 g/mol. The van der Waals surface area contributed by atoms with Crippen molar-refractivity contribution in [3.05, 3.63) is 63.1 Å². The van der Waals surface area contributed by atoms with E-state index < -0.39 is 0 Å². The van der Waals surface area contributed by atoms with Gasteiger partial charge in [-0.15, -0.1) is 0 Å². The largest absolute Gasteiger partial charge is 0.483 e. The van der Waals surface area contributed by atoms with Crippen molar-refractivity contribution in [1.82, 2.24) is 5.43 Å². The lowest BCUT2D eigenvalue weighted by molar-refractivity contribution is -0.123. The van der Waals surface area contributed by atoms with Crippen LogP contribution in [0.5, 0.6) is 5.75 Å². The number of hydrogen-bond acceptors (Lipinski definition) is 3. The summed E-state index contributed by atoms with van der Waals surface area (Å²) in [5.74, 6) is 0.309. The number of hydrazone groups is 1. The molecule has 0 spiro atoms. The molecule has 0 aliphatic carbocycles. The summed E-state index contributed by atoms with van der Waals surface area (Å²) in [5, 5.41) is 4.76. The fourth-order valence-electron chi connectivity index (χ4n) is 1.86. The van der Waals surface area contributed by atoms with E-state index in [4.69, 9.17) is 27.9 Å². The highest BCUT2D eigenvalue weighted by Gasteiger charge is 2.06. The van der Waals surface area contributed by atoms with Gasteiger partial charge < -0.3 is 4.74 Å². The molecule has 1 N–H and O–H groups in total. The van der Waals surface area contributed by atoms with E-state index in [0.29, 0.717) is 21.4 Å². The van der Waals surface area contributed by atoms with Crippen molar-refractivity contribution in [2.24, 2.45) is 5.10 Å². The first-order valence-corrected chi connectivity index (χ1v) is 7.69. The Kier molecular flexibility index (Phi) is 6.02. The van der Waals surface area contributed by atoms with Crippen LogP contribution in [-0.4, -0.2) is 18.7 Å². The molecule has 0 atom stereocenters. The van der Waals surface area contributed by atoms with Crippen LogP contribution in [-0.2, 0) is 4.79 Å². The lowest BCUT2D eigenvalue weighted by Crippen LogP contribution is -2.24. The van der Waals surface area contributed by atoms with Gasteiger partial charge in [-0.25, -0.2) is 5.43 Å². The molecule has 4 nitrogen and oxygen atoms in total. The van der Waals surface area contributed by atoms with Gasteiger partial charge in [0, 0.05) is 5.56 Å². The fourth-order valence-corrected chi connectivity index (χ4v) is 2.35. The first kappa shape index (κ1) is 17.3. The highest BCUT2D eigenvalue weighted by atomic mass is 35.5. The lowest BCUT2D eigenvalue weighted by atomic mass is 10.1. The van der Waals surface area contributed by atoms with Crippen molar-refractivity contribution in [2.75, 3.05) is 6.61 Å². The molecule has 2 rings (SSSR count). The third kappa shape index (κ3) is 4.71. The molecule has 0 bridgehead atoms. The zero-order valence-corrected chi connectivity index (χ0v) is 14.3.